The van der Waals surface area contributed by atoms with E-state index in [2.05, 4.69) is 39.5 Å². The lowest BCUT2D eigenvalue weighted by molar-refractivity contribution is 0.259. The molecule has 0 aromatic heterocycles. The molecule has 5 nitrogen and oxygen atoms in total. The molecule has 0 atom stereocenters. The van der Waals surface area contributed by atoms with Crippen molar-refractivity contribution in [3.63, 3.8) is 0 Å². The minimum Gasteiger partial charge on any atom is -0.355 e. The summed E-state index contributed by atoms with van der Waals surface area (Å²) in [5.74, 6) is 0.453. The highest BCUT2D eigenvalue weighted by Gasteiger charge is 2.23. The van der Waals surface area contributed by atoms with E-state index in [0.29, 0.717) is 11.9 Å². The Morgan fingerprint density at radius 1 is 1.10 bits per heavy atom. The Labute approximate surface area is 195 Å². The van der Waals surface area contributed by atoms with Gasteiger partial charge in [0.1, 0.15) is 10.7 Å². The molecule has 2 aromatic rings. The van der Waals surface area contributed by atoms with E-state index in [9.17, 15) is 12.8 Å². The SMILES string of the molecule is CN=C(NCCS(=O)(=O)c1ccccc1F)N1CCC(Cc2ccccc2)CC1.I. The fraction of sp³-hybridized carbons (Fsp3) is 0.409. The number of benzene rings is 2. The number of nitrogens with one attached hydrogen (secondary N) is 1. The van der Waals surface area contributed by atoms with Crippen molar-refractivity contribution in [1.82, 2.24) is 10.2 Å². The zero-order valence-electron chi connectivity index (χ0n) is 17.1. The van der Waals surface area contributed by atoms with Gasteiger partial charge in [-0.25, -0.2) is 12.8 Å². The van der Waals surface area contributed by atoms with Crippen LogP contribution in [0.25, 0.3) is 0 Å². The van der Waals surface area contributed by atoms with E-state index in [4.69, 9.17) is 0 Å². The van der Waals surface area contributed by atoms with Crippen LogP contribution in [0.4, 0.5) is 4.39 Å². The third-order valence-corrected chi connectivity index (χ3v) is 7.06. The van der Waals surface area contributed by atoms with E-state index < -0.39 is 15.7 Å². The van der Waals surface area contributed by atoms with Gasteiger partial charge in [-0.15, -0.1) is 24.0 Å². The summed E-state index contributed by atoms with van der Waals surface area (Å²) < 4.78 is 38.6. The molecule has 0 unspecified atom stereocenters. The van der Waals surface area contributed by atoms with Crippen LogP contribution in [0.2, 0.25) is 0 Å². The summed E-state index contributed by atoms with van der Waals surface area (Å²) in [7, 11) is -1.98. The van der Waals surface area contributed by atoms with Crippen molar-refractivity contribution >= 4 is 39.8 Å². The van der Waals surface area contributed by atoms with Crippen LogP contribution in [0, 0.1) is 11.7 Å². The Morgan fingerprint density at radius 3 is 2.37 bits per heavy atom. The van der Waals surface area contributed by atoms with Gasteiger partial charge in [-0.3, -0.25) is 4.99 Å². The first-order chi connectivity index (χ1) is 14.0. The van der Waals surface area contributed by atoms with Crippen molar-refractivity contribution < 1.29 is 12.8 Å². The number of hydrogen-bond acceptors (Lipinski definition) is 3. The summed E-state index contributed by atoms with van der Waals surface area (Å²) in [5, 5.41) is 3.12. The summed E-state index contributed by atoms with van der Waals surface area (Å²) in [6.45, 7) is 1.96. The maximum Gasteiger partial charge on any atom is 0.193 e. The molecule has 0 amide bonds. The summed E-state index contributed by atoms with van der Waals surface area (Å²) in [6, 6.07) is 16.0. The summed E-state index contributed by atoms with van der Waals surface area (Å²) in [5.41, 5.74) is 1.37. The van der Waals surface area contributed by atoms with E-state index in [0.717, 1.165) is 32.4 Å². The molecule has 0 bridgehead atoms. The Morgan fingerprint density at radius 2 is 1.73 bits per heavy atom. The summed E-state index contributed by atoms with van der Waals surface area (Å²) >= 11 is 0. The Bertz CT molecular complexity index is 930. The predicted octanol–water partition coefficient (Wildman–Crippen LogP) is 3.75. The number of nitrogens with zero attached hydrogens (tertiary/aromatic N) is 2. The molecule has 1 N–H and O–H groups in total. The first kappa shape index (κ1) is 24.6. The van der Waals surface area contributed by atoms with Gasteiger partial charge in [0.2, 0.25) is 0 Å². The van der Waals surface area contributed by atoms with Crippen LogP contribution in [-0.2, 0) is 16.3 Å². The first-order valence-electron chi connectivity index (χ1n) is 9.96. The molecule has 0 saturated carbocycles. The second kappa shape index (κ2) is 11.6. The second-order valence-electron chi connectivity index (χ2n) is 7.34. The molecule has 8 heteroatoms. The first-order valence-corrected chi connectivity index (χ1v) is 11.6. The molecule has 1 fully saturated rings. The van der Waals surface area contributed by atoms with Gasteiger partial charge in [0.25, 0.3) is 0 Å². The largest absolute Gasteiger partial charge is 0.355 e. The second-order valence-corrected chi connectivity index (χ2v) is 9.42. The number of piperidine rings is 1. The molecule has 2 aromatic carbocycles. The maximum absolute atomic E-state index is 13.8. The summed E-state index contributed by atoms with van der Waals surface area (Å²) in [6.07, 6.45) is 3.23. The standard InChI is InChI=1S/C22H28FN3O2S.HI/c1-24-22(25-13-16-29(27,28)21-10-6-5-9-20(21)23)26-14-11-19(12-15-26)17-18-7-3-2-4-8-18;/h2-10,19H,11-17H2,1H3,(H,24,25);1H. The number of halogens is 2. The predicted molar refractivity (Wildman–Crippen MR) is 130 cm³/mol. The highest BCUT2D eigenvalue weighted by atomic mass is 127. The topological polar surface area (TPSA) is 61.8 Å². The smallest absolute Gasteiger partial charge is 0.193 e. The minimum absolute atomic E-state index is 0. The van der Waals surface area contributed by atoms with Gasteiger partial charge in [-0.1, -0.05) is 42.5 Å². The zero-order chi connectivity index (χ0) is 20.7. The highest BCUT2D eigenvalue weighted by Crippen LogP contribution is 2.21. The molecule has 0 spiro atoms. The molecule has 0 radical (unpaired) electrons. The van der Waals surface area contributed by atoms with Gasteiger partial charge in [0, 0.05) is 26.7 Å². The van der Waals surface area contributed by atoms with E-state index in [1.165, 1.54) is 29.8 Å². The van der Waals surface area contributed by atoms with Gasteiger partial charge in [-0.05, 0) is 42.9 Å². The fourth-order valence-electron chi connectivity index (χ4n) is 3.73. The van der Waals surface area contributed by atoms with Crippen LogP contribution in [0.15, 0.2) is 64.5 Å². The average Bonchev–Trinajstić information content (AvgIpc) is 2.73. The number of guanidine groups is 1. The van der Waals surface area contributed by atoms with Gasteiger partial charge < -0.3 is 10.2 Å². The lowest BCUT2D eigenvalue weighted by Crippen LogP contribution is -2.46. The number of likely N-dealkylation sites (tertiary alicyclic amines) is 1. The molecule has 164 valence electrons. The molecular formula is C22H29FIN3O2S. The van der Waals surface area contributed by atoms with E-state index in [-0.39, 0.29) is 41.2 Å². The maximum atomic E-state index is 13.8. The van der Waals surface area contributed by atoms with Crippen molar-refractivity contribution in [2.45, 2.75) is 24.2 Å². The molecule has 1 aliphatic rings. The van der Waals surface area contributed by atoms with Crippen LogP contribution in [0.5, 0.6) is 0 Å². The number of aliphatic imine (C=N–C) groups is 1. The van der Waals surface area contributed by atoms with Gasteiger partial charge >= 0.3 is 0 Å². The molecule has 1 aliphatic heterocycles. The number of sulfone groups is 1. The normalized spacial score (nSPS) is 15.5. The van der Waals surface area contributed by atoms with Crippen molar-refractivity contribution in [2.24, 2.45) is 10.9 Å². The third kappa shape index (κ3) is 6.66. The molecule has 1 heterocycles. The number of rotatable bonds is 6. The monoisotopic (exact) mass is 545 g/mol. The van der Waals surface area contributed by atoms with Crippen LogP contribution in [0.3, 0.4) is 0 Å². The van der Waals surface area contributed by atoms with Crippen LogP contribution in [0.1, 0.15) is 18.4 Å². The lowest BCUT2D eigenvalue weighted by Gasteiger charge is -2.34. The Balaban J connectivity index is 0.00000320. The molecule has 1 saturated heterocycles. The van der Waals surface area contributed by atoms with Crippen molar-refractivity contribution in [2.75, 3.05) is 32.4 Å². The fourth-order valence-corrected chi connectivity index (χ4v) is 4.97. The molecule has 0 aliphatic carbocycles. The van der Waals surface area contributed by atoms with Crippen molar-refractivity contribution in [3.8, 4) is 0 Å². The van der Waals surface area contributed by atoms with Crippen LogP contribution in [-0.4, -0.2) is 51.7 Å². The third-order valence-electron chi connectivity index (χ3n) is 5.32. The van der Waals surface area contributed by atoms with Gasteiger partial charge in [-0.2, -0.15) is 0 Å². The Kier molecular flexibility index (Phi) is 9.54. The van der Waals surface area contributed by atoms with E-state index in [1.54, 1.807) is 7.05 Å². The minimum atomic E-state index is -3.68. The van der Waals surface area contributed by atoms with E-state index in [1.807, 2.05) is 6.07 Å². The molecular weight excluding hydrogens is 516 g/mol. The van der Waals surface area contributed by atoms with Crippen molar-refractivity contribution in [1.29, 1.82) is 0 Å². The summed E-state index contributed by atoms with van der Waals surface area (Å²) in [4.78, 5) is 6.21. The highest BCUT2D eigenvalue weighted by molar-refractivity contribution is 14.0. The number of hydrogen-bond donors (Lipinski definition) is 1. The van der Waals surface area contributed by atoms with E-state index >= 15 is 0 Å². The lowest BCUT2D eigenvalue weighted by atomic mass is 9.90. The Hall–Kier alpha value is -1.68. The molecule has 3 rings (SSSR count). The van der Waals surface area contributed by atoms with Gasteiger partial charge in [0.05, 0.1) is 5.75 Å². The molecule has 30 heavy (non-hydrogen) atoms. The average molecular weight is 545 g/mol. The zero-order valence-corrected chi connectivity index (χ0v) is 20.3. The van der Waals surface area contributed by atoms with Crippen LogP contribution < -0.4 is 5.32 Å². The van der Waals surface area contributed by atoms with Crippen molar-refractivity contribution in [3.05, 3.63) is 66.0 Å². The van der Waals surface area contributed by atoms with Gasteiger partial charge in [0.15, 0.2) is 15.8 Å². The van der Waals surface area contributed by atoms with Crippen LogP contribution >= 0.6 is 24.0 Å². The quantitative estimate of drug-likeness (QED) is 0.342.